The molecule has 0 aliphatic heterocycles. The van der Waals surface area contributed by atoms with Gasteiger partial charge in [0, 0.05) is 6.54 Å². The van der Waals surface area contributed by atoms with Gasteiger partial charge in [0.1, 0.15) is 19.0 Å². The monoisotopic (exact) mass is 475 g/mol. The SMILES string of the molecule is C[C@@H]1Cc2cc(O)ccc2C2CCC3(C)C(=CCOc4ccccc4OCCN(C)C)CCC3C21. The second-order valence-electron chi connectivity index (χ2n) is 11.5. The Labute approximate surface area is 210 Å². The highest BCUT2D eigenvalue weighted by Gasteiger charge is 2.54. The van der Waals surface area contributed by atoms with Gasteiger partial charge in [-0.1, -0.05) is 37.6 Å². The van der Waals surface area contributed by atoms with Crippen LogP contribution in [0.3, 0.4) is 0 Å². The van der Waals surface area contributed by atoms with Crippen LogP contribution in [0.4, 0.5) is 0 Å². The van der Waals surface area contributed by atoms with E-state index in [1.165, 1.54) is 36.8 Å². The van der Waals surface area contributed by atoms with E-state index in [1.807, 2.05) is 36.4 Å². The lowest BCUT2D eigenvalue weighted by molar-refractivity contribution is 0.0488. The third-order valence-corrected chi connectivity index (χ3v) is 9.12. The highest BCUT2D eigenvalue weighted by atomic mass is 16.5. The number of rotatable bonds is 7. The van der Waals surface area contributed by atoms with Crippen molar-refractivity contribution in [1.29, 1.82) is 0 Å². The number of para-hydroxylation sites is 2. The summed E-state index contributed by atoms with van der Waals surface area (Å²) in [6.07, 6.45) is 8.40. The Morgan fingerprint density at radius 1 is 1.09 bits per heavy atom. The molecule has 2 aromatic rings. The van der Waals surface area contributed by atoms with Crippen LogP contribution in [0.5, 0.6) is 17.2 Å². The fourth-order valence-corrected chi connectivity index (χ4v) is 7.41. The molecule has 0 saturated heterocycles. The molecule has 188 valence electrons. The molecule has 4 unspecified atom stereocenters. The lowest BCUT2D eigenvalue weighted by Gasteiger charge is -2.52. The van der Waals surface area contributed by atoms with E-state index in [-0.39, 0.29) is 5.41 Å². The summed E-state index contributed by atoms with van der Waals surface area (Å²) in [6, 6.07) is 14.1. The Bertz CT molecular complexity index is 1080. The summed E-state index contributed by atoms with van der Waals surface area (Å²) in [5.41, 5.74) is 4.74. The van der Waals surface area contributed by atoms with Crippen LogP contribution in [0.2, 0.25) is 0 Å². The minimum absolute atomic E-state index is 0.273. The first-order valence-electron chi connectivity index (χ1n) is 13.4. The Morgan fingerprint density at radius 3 is 2.63 bits per heavy atom. The molecule has 4 nitrogen and oxygen atoms in total. The zero-order chi connectivity index (χ0) is 24.6. The number of hydrogen-bond donors (Lipinski definition) is 1. The molecule has 3 aliphatic rings. The minimum Gasteiger partial charge on any atom is -0.508 e. The van der Waals surface area contributed by atoms with Gasteiger partial charge >= 0.3 is 0 Å². The van der Waals surface area contributed by atoms with Gasteiger partial charge in [0.15, 0.2) is 11.5 Å². The molecule has 35 heavy (non-hydrogen) atoms. The Kier molecular flexibility index (Phi) is 6.85. The number of hydrogen-bond acceptors (Lipinski definition) is 4. The normalized spacial score (nSPS) is 30.6. The summed E-state index contributed by atoms with van der Waals surface area (Å²) in [7, 11) is 4.11. The first-order valence-corrected chi connectivity index (χ1v) is 13.4. The van der Waals surface area contributed by atoms with E-state index < -0.39 is 0 Å². The van der Waals surface area contributed by atoms with Gasteiger partial charge in [-0.05, 0) is 117 Å². The van der Waals surface area contributed by atoms with E-state index in [4.69, 9.17) is 9.47 Å². The number of likely N-dealkylation sites (N-methyl/N-ethyl adjacent to an activating group) is 1. The minimum atomic E-state index is 0.273. The van der Waals surface area contributed by atoms with Gasteiger partial charge in [-0.2, -0.15) is 0 Å². The predicted octanol–water partition coefficient (Wildman–Crippen LogP) is 6.44. The number of aromatic hydroxyl groups is 1. The molecule has 5 atom stereocenters. The molecule has 0 aromatic heterocycles. The van der Waals surface area contributed by atoms with Crippen molar-refractivity contribution in [3.63, 3.8) is 0 Å². The molecule has 0 radical (unpaired) electrons. The van der Waals surface area contributed by atoms with Crippen molar-refractivity contribution in [1.82, 2.24) is 4.90 Å². The largest absolute Gasteiger partial charge is 0.508 e. The highest BCUT2D eigenvalue weighted by molar-refractivity contribution is 5.42. The second kappa shape index (κ2) is 9.89. The molecular weight excluding hydrogens is 434 g/mol. The summed E-state index contributed by atoms with van der Waals surface area (Å²) in [5, 5.41) is 10.0. The highest BCUT2D eigenvalue weighted by Crippen LogP contribution is 2.63. The fraction of sp³-hybridized carbons (Fsp3) is 0.548. The molecule has 2 aromatic carbocycles. The smallest absolute Gasteiger partial charge is 0.161 e. The lowest BCUT2D eigenvalue weighted by atomic mass is 9.52. The van der Waals surface area contributed by atoms with Crippen LogP contribution in [0.1, 0.15) is 56.6 Å². The molecule has 0 heterocycles. The van der Waals surface area contributed by atoms with Crippen LogP contribution < -0.4 is 9.47 Å². The van der Waals surface area contributed by atoms with Gasteiger partial charge in [0.2, 0.25) is 0 Å². The zero-order valence-corrected chi connectivity index (χ0v) is 21.8. The van der Waals surface area contributed by atoms with Gasteiger partial charge in [0.05, 0.1) is 0 Å². The number of phenols is 1. The summed E-state index contributed by atoms with van der Waals surface area (Å²) < 4.78 is 12.2. The maximum atomic E-state index is 10.0. The van der Waals surface area contributed by atoms with E-state index in [0.717, 1.165) is 36.3 Å². The maximum Gasteiger partial charge on any atom is 0.161 e. The van der Waals surface area contributed by atoms with Gasteiger partial charge in [0.25, 0.3) is 0 Å². The van der Waals surface area contributed by atoms with E-state index in [2.05, 4.69) is 45.0 Å². The lowest BCUT2D eigenvalue weighted by Crippen LogP contribution is -2.43. The van der Waals surface area contributed by atoms with E-state index in [0.29, 0.717) is 30.8 Å². The van der Waals surface area contributed by atoms with Gasteiger partial charge in [-0.25, -0.2) is 0 Å². The van der Waals surface area contributed by atoms with Crippen molar-refractivity contribution in [3.05, 3.63) is 65.2 Å². The van der Waals surface area contributed by atoms with Crippen molar-refractivity contribution in [2.45, 2.75) is 51.9 Å². The number of phenolic OH excluding ortho intramolecular Hbond substituents is 1. The van der Waals surface area contributed by atoms with E-state index >= 15 is 0 Å². The van der Waals surface area contributed by atoms with Gasteiger partial charge in [-0.3, -0.25) is 0 Å². The third-order valence-electron chi connectivity index (χ3n) is 9.12. The van der Waals surface area contributed by atoms with Crippen molar-refractivity contribution in [2.75, 3.05) is 33.9 Å². The number of fused-ring (bicyclic) bond motifs is 5. The Hall–Kier alpha value is -2.46. The molecule has 0 amide bonds. The number of ether oxygens (including phenoxy) is 2. The Balaban J connectivity index is 1.28. The number of allylic oxidation sites excluding steroid dienone is 1. The van der Waals surface area contributed by atoms with Crippen LogP contribution in [0.25, 0.3) is 0 Å². The van der Waals surface area contributed by atoms with Crippen LogP contribution >= 0.6 is 0 Å². The summed E-state index contributed by atoms with van der Waals surface area (Å²) >= 11 is 0. The molecular formula is C31H41NO3. The van der Waals surface area contributed by atoms with Crippen LogP contribution in [-0.2, 0) is 6.42 Å². The quantitative estimate of drug-likeness (QED) is 0.468. The van der Waals surface area contributed by atoms with Crippen LogP contribution in [0, 0.1) is 23.2 Å². The first kappa shape index (κ1) is 24.2. The molecule has 0 bridgehead atoms. The van der Waals surface area contributed by atoms with Crippen LogP contribution in [0.15, 0.2) is 54.1 Å². The molecule has 4 heteroatoms. The number of nitrogens with zero attached hydrogens (tertiary/aromatic N) is 1. The second-order valence-corrected chi connectivity index (χ2v) is 11.5. The van der Waals surface area contributed by atoms with Crippen molar-refractivity contribution < 1.29 is 14.6 Å². The van der Waals surface area contributed by atoms with E-state index in [9.17, 15) is 5.11 Å². The summed E-state index contributed by atoms with van der Waals surface area (Å²) in [5.74, 6) is 4.80. The first-order chi connectivity index (χ1) is 16.9. The molecule has 2 saturated carbocycles. The predicted molar refractivity (Wildman–Crippen MR) is 141 cm³/mol. The molecule has 2 fully saturated rings. The molecule has 0 spiro atoms. The van der Waals surface area contributed by atoms with Crippen molar-refractivity contribution in [2.24, 2.45) is 23.2 Å². The third kappa shape index (κ3) is 4.70. The topological polar surface area (TPSA) is 41.9 Å². The Morgan fingerprint density at radius 2 is 1.86 bits per heavy atom. The molecule has 1 N–H and O–H groups in total. The standard InChI is InChI=1S/C31H41NO3/c1-21-19-22-20-24(33)10-11-25(22)26-13-15-31(2)23(9-12-27(31)30(21)26)14-17-34-28-7-5-6-8-29(28)35-18-16-32(3)4/h5-8,10-11,14,20-21,26-27,30,33H,9,12-13,15-19H2,1-4H3/t21-,26?,27?,30?,31?/m1/s1. The molecule has 3 aliphatic carbocycles. The number of benzene rings is 2. The zero-order valence-electron chi connectivity index (χ0n) is 21.8. The average Bonchev–Trinajstić information content (AvgIpc) is 3.15. The van der Waals surface area contributed by atoms with Gasteiger partial charge in [-0.15, -0.1) is 0 Å². The van der Waals surface area contributed by atoms with Crippen LogP contribution in [-0.4, -0.2) is 43.9 Å². The average molecular weight is 476 g/mol. The summed E-state index contributed by atoms with van der Waals surface area (Å²) in [6.45, 7) is 7.08. The van der Waals surface area contributed by atoms with E-state index in [1.54, 1.807) is 5.57 Å². The van der Waals surface area contributed by atoms with Gasteiger partial charge < -0.3 is 19.5 Å². The molecule has 5 rings (SSSR count). The summed E-state index contributed by atoms with van der Waals surface area (Å²) in [4.78, 5) is 2.12. The maximum absolute atomic E-state index is 10.0. The fourth-order valence-electron chi connectivity index (χ4n) is 7.41. The van der Waals surface area contributed by atoms with Crippen molar-refractivity contribution in [3.8, 4) is 17.2 Å². The van der Waals surface area contributed by atoms with Crippen molar-refractivity contribution >= 4 is 0 Å².